The number of carboxylic acids is 1. The molecule has 0 aliphatic carbocycles. The Morgan fingerprint density at radius 1 is 1.34 bits per heavy atom. The third-order valence-corrected chi connectivity index (χ3v) is 5.40. The van der Waals surface area contributed by atoms with E-state index in [1.807, 2.05) is 6.07 Å². The molecule has 1 aliphatic rings. The number of hydrogen-bond donors (Lipinski definition) is 3. The number of hydrogen-bond acceptors (Lipinski definition) is 5. The number of aryl methyl sites for hydroxylation is 1. The molecule has 2 heterocycles. The molecular formula is C19H22Cl2N4O4. The molecule has 1 aromatic carbocycles. The van der Waals surface area contributed by atoms with Gasteiger partial charge in [-0.25, -0.2) is 9.48 Å². The van der Waals surface area contributed by atoms with Crippen LogP contribution in [0.5, 0.6) is 0 Å². The molecular weight excluding hydrogens is 419 g/mol. The summed E-state index contributed by atoms with van der Waals surface area (Å²) in [5, 5.41) is 20.4. The van der Waals surface area contributed by atoms with Crippen molar-refractivity contribution < 1.29 is 19.4 Å². The molecule has 8 nitrogen and oxygen atoms in total. The molecule has 1 aliphatic heterocycles. The molecule has 1 amide bonds. The second-order valence-corrected chi connectivity index (χ2v) is 7.68. The van der Waals surface area contributed by atoms with E-state index < -0.39 is 5.97 Å². The quantitative estimate of drug-likeness (QED) is 0.636. The van der Waals surface area contributed by atoms with Gasteiger partial charge in [-0.1, -0.05) is 29.3 Å². The molecule has 0 spiro atoms. The van der Waals surface area contributed by atoms with E-state index in [0.717, 1.165) is 5.56 Å². The maximum Gasteiger partial charge on any atom is 0.354 e. The Morgan fingerprint density at radius 2 is 2.14 bits per heavy atom. The van der Waals surface area contributed by atoms with E-state index in [1.54, 1.807) is 19.1 Å². The fraction of sp³-hybridized carbons (Fsp3) is 0.421. The molecule has 0 bridgehead atoms. The van der Waals surface area contributed by atoms with Crippen LogP contribution in [0.3, 0.4) is 0 Å². The van der Waals surface area contributed by atoms with Crippen LogP contribution in [-0.4, -0.2) is 53.0 Å². The van der Waals surface area contributed by atoms with Crippen LogP contribution < -0.4 is 10.6 Å². The number of carboxylic acid groups (broad SMARTS) is 1. The Hall–Kier alpha value is -2.13. The van der Waals surface area contributed by atoms with Gasteiger partial charge in [0.05, 0.1) is 28.5 Å². The van der Waals surface area contributed by atoms with Crippen molar-refractivity contribution in [1.29, 1.82) is 0 Å². The monoisotopic (exact) mass is 440 g/mol. The Bertz CT molecular complexity index is 902. The van der Waals surface area contributed by atoms with Gasteiger partial charge in [-0.3, -0.25) is 4.79 Å². The summed E-state index contributed by atoms with van der Waals surface area (Å²) in [6.45, 7) is 3.73. The van der Waals surface area contributed by atoms with Crippen LogP contribution in [0.25, 0.3) is 0 Å². The zero-order valence-electron chi connectivity index (χ0n) is 15.8. The van der Waals surface area contributed by atoms with E-state index in [1.165, 1.54) is 10.7 Å². The topological polar surface area (TPSA) is 105 Å². The average molecular weight is 441 g/mol. The zero-order valence-corrected chi connectivity index (χ0v) is 17.3. The van der Waals surface area contributed by atoms with Gasteiger partial charge >= 0.3 is 5.97 Å². The van der Waals surface area contributed by atoms with Crippen molar-refractivity contribution in [1.82, 2.24) is 20.4 Å². The molecule has 0 radical (unpaired) electrons. The highest BCUT2D eigenvalue weighted by Crippen LogP contribution is 2.31. The number of aromatic carboxylic acids is 1. The summed E-state index contributed by atoms with van der Waals surface area (Å²) in [7, 11) is 0. The molecule has 0 saturated carbocycles. The Morgan fingerprint density at radius 3 is 2.86 bits per heavy atom. The summed E-state index contributed by atoms with van der Waals surface area (Å²) in [6, 6.07) is 6.80. The van der Waals surface area contributed by atoms with Crippen molar-refractivity contribution in [3.05, 3.63) is 51.3 Å². The summed E-state index contributed by atoms with van der Waals surface area (Å²) in [5.74, 6) is -1.50. The Kier molecular flexibility index (Phi) is 7.13. The van der Waals surface area contributed by atoms with Crippen molar-refractivity contribution in [2.45, 2.75) is 19.6 Å². The van der Waals surface area contributed by atoms with Crippen molar-refractivity contribution in [2.24, 2.45) is 5.92 Å². The SMILES string of the molecule is Cc1cc(C(=O)O)n(CC(=O)NC[C@@H]2CNCCO[C@H]2c2ccc(Cl)c(Cl)c2)n1. The van der Waals surface area contributed by atoms with Crippen molar-refractivity contribution in [3.8, 4) is 0 Å². The van der Waals surface area contributed by atoms with Gasteiger partial charge < -0.3 is 20.5 Å². The summed E-state index contributed by atoms with van der Waals surface area (Å²) >= 11 is 12.2. The first-order valence-corrected chi connectivity index (χ1v) is 9.92. The summed E-state index contributed by atoms with van der Waals surface area (Å²) in [5.41, 5.74) is 1.40. The first-order valence-electron chi connectivity index (χ1n) is 9.17. The Labute approximate surface area is 178 Å². The standard InChI is InChI=1S/C19H22Cl2N4O4/c1-11-6-16(19(27)28)25(24-11)10-17(26)23-9-13-8-22-4-5-29-18(13)12-2-3-14(20)15(21)7-12/h2-3,6-7,13,18,22H,4-5,8-10H2,1H3,(H,23,26)(H,27,28)/t13-,18-/m0/s1. The summed E-state index contributed by atoms with van der Waals surface area (Å²) in [4.78, 5) is 23.7. The average Bonchev–Trinajstić information content (AvgIpc) is 2.88. The molecule has 10 heteroatoms. The number of nitrogens with zero attached hydrogens (tertiary/aromatic N) is 2. The van der Waals surface area contributed by atoms with Gasteiger partial charge in [-0.2, -0.15) is 5.10 Å². The summed E-state index contributed by atoms with van der Waals surface area (Å²) in [6.07, 6.45) is -0.262. The maximum atomic E-state index is 12.4. The molecule has 1 fully saturated rings. The second-order valence-electron chi connectivity index (χ2n) is 6.87. The number of carbonyl (C=O) groups is 2. The second kappa shape index (κ2) is 9.58. The number of benzene rings is 1. The van der Waals surface area contributed by atoms with Crippen LogP contribution in [0.4, 0.5) is 0 Å². The van der Waals surface area contributed by atoms with Gasteiger partial charge in [-0.05, 0) is 30.7 Å². The number of carbonyl (C=O) groups excluding carboxylic acids is 1. The molecule has 29 heavy (non-hydrogen) atoms. The van der Waals surface area contributed by atoms with Crippen LogP contribution in [-0.2, 0) is 16.1 Å². The third kappa shape index (κ3) is 5.48. The zero-order chi connectivity index (χ0) is 21.0. The lowest BCUT2D eigenvalue weighted by atomic mass is 9.95. The van der Waals surface area contributed by atoms with Gasteiger partial charge in [0.25, 0.3) is 0 Å². The number of ether oxygens (including phenoxy) is 1. The molecule has 1 aromatic heterocycles. The fourth-order valence-electron chi connectivity index (χ4n) is 3.30. The van der Waals surface area contributed by atoms with E-state index in [0.29, 0.717) is 42.0 Å². The molecule has 0 unspecified atom stereocenters. The van der Waals surface area contributed by atoms with E-state index in [9.17, 15) is 14.7 Å². The normalized spacial score (nSPS) is 19.6. The lowest BCUT2D eigenvalue weighted by molar-refractivity contribution is -0.122. The first kappa shape index (κ1) is 21.6. The van der Waals surface area contributed by atoms with Gasteiger partial charge in [0.2, 0.25) is 5.91 Å². The Balaban J connectivity index is 1.67. The van der Waals surface area contributed by atoms with E-state index in [2.05, 4.69) is 15.7 Å². The predicted molar refractivity (Wildman–Crippen MR) is 108 cm³/mol. The van der Waals surface area contributed by atoms with Gasteiger partial charge in [0.15, 0.2) is 0 Å². The highest BCUT2D eigenvalue weighted by atomic mass is 35.5. The third-order valence-electron chi connectivity index (χ3n) is 4.66. The smallest absolute Gasteiger partial charge is 0.354 e. The van der Waals surface area contributed by atoms with Crippen LogP contribution in [0.2, 0.25) is 10.0 Å². The van der Waals surface area contributed by atoms with Gasteiger partial charge in [0, 0.05) is 25.6 Å². The first-order chi connectivity index (χ1) is 13.8. The predicted octanol–water partition coefficient (Wildman–Crippen LogP) is 2.29. The number of aromatic nitrogens is 2. The molecule has 2 aromatic rings. The largest absolute Gasteiger partial charge is 0.477 e. The lowest BCUT2D eigenvalue weighted by Crippen LogP contribution is -2.38. The minimum Gasteiger partial charge on any atom is -0.477 e. The number of amides is 1. The number of nitrogens with one attached hydrogen (secondary N) is 2. The van der Waals surface area contributed by atoms with Crippen molar-refractivity contribution in [2.75, 3.05) is 26.2 Å². The molecule has 3 N–H and O–H groups in total. The van der Waals surface area contributed by atoms with Gasteiger partial charge in [-0.15, -0.1) is 0 Å². The highest BCUT2D eigenvalue weighted by molar-refractivity contribution is 6.42. The molecule has 2 atom stereocenters. The molecule has 156 valence electrons. The van der Waals surface area contributed by atoms with E-state index in [-0.39, 0.29) is 30.2 Å². The van der Waals surface area contributed by atoms with E-state index >= 15 is 0 Å². The van der Waals surface area contributed by atoms with Crippen LogP contribution >= 0.6 is 23.2 Å². The highest BCUT2D eigenvalue weighted by Gasteiger charge is 2.27. The number of halogens is 2. The summed E-state index contributed by atoms with van der Waals surface area (Å²) < 4.78 is 7.18. The fourth-order valence-corrected chi connectivity index (χ4v) is 3.61. The minimum atomic E-state index is -1.13. The van der Waals surface area contributed by atoms with Crippen molar-refractivity contribution >= 4 is 35.1 Å². The molecule has 1 saturated heterocycles. The van der Waals surface area contributed by atoms with Crippen molar-refractivity contribution in [3.63, 3.8) is 0 Å². The lowest BCUT2D eigenvalue weighted by Gasteiger charge is -2.25. The van der Waals surface area contributed by atoms with Crippen LogP contribution in [0.1, 0.15) is 27.8 Å². The maximum absolute atomic E-state index is 12.4. The number of rotatable bonds is 6. The van der Waals surface area contributed by atoms with Gasteiger partial charge in [0.1, 0.15) is 12.2 Å². The molecule has 3 rings (SSSR count). The van der Waals surface area contributed by atoms with Crippen LogP contribution in [0.15, 0.2) is 24.3 Å². The van der Waals surface area contributed by atoms with E-state index in [4.69, 9.17) is 27.9 Å². The van der Waals surface area contributed by atoms with Crippen LogP contribution in [0, 0.1) is 12.8 Å². The minimum absolute atomic E-state index is 0.0224.